The summed E-state index contributed by atoms with van der Waals surface area (Å²) in [4.78, 5) is 25.1. The fourth-order valence-corrected chi connectivity index (χ4v) is 2.52. The van der Waals surface area contributed by atoms with E-state index in [1.165, 1.54) is 6.08 Å². The Morgan fingerprint density at radius 3 is 1.92 bits per heavy atom. The molecular formula is C20H28Cl2N2O2. The molecule has 0 aliphatic heterocycles. The van der Waals surface area contributed by atoms with Crippen LogP contribution in [0.4, 0.5) is 0 Å². The van der Waals surface area contributed by atoms with Gasteiger partial charge in [0.1, 0.15) is 5.57 Å². The molecule has 0 radical (unpaired) electrons. The van der Waals surface area contributed by atoms with Gasteiger partial charge in [-0.25, -0.2) is 0 Å². The minimum atomic E-state index is -0.413. The normalized spacial score (nSPS) is 10.8. The summed E-state index contributed by atoms with van der Waals surface area (Å²) in [6.07, 6.45) is 3.17. The first-order chi connectivity index (χ1) is 12.2. The predicted octanol–water partition coefficient (Wildman–Crippen LogP) is 4.70. The number of halogens is 2. The third-order valence-electron chi connectivity index (χ3n) is 3.79. The van der Waals surface area contributed by atoms with Gasteiger partial charge in [0.2, 0.25) is 0 Å². The number of hydrogen-bond acceptors (Lipinski definition) is 2. The Hall–Kier alpha value is -1.52. The van der Waals surface area contributed by atoms with Crippen molar-refractivity contribution in [3.05, 3.63) is 39.4 Å². The van der Waals surface area contributed by atoms with Gasteiger partial charge in [0.25, 0.3) is 11.8 Å². The zero-order chi connectivity index (χ0) is 19.7. The highest BCUT2D eigenvalue weighted by molar-refractivity contribution is 6.43. The van der Waals surface area contributed by atoms with E-state index in [4.69, 9.17) is 23.2 Å². The van der Waals surface area contributed by atoms with Crippen molar-refractivity contribution < 1.29 is 9.59 Å². The maximum absolute atomic E-state index is 12.5. The second kappa shape index (κ2) is 11.2. The van der Waals surface area contributed by atoms with Crippen LogP contribution >= 0.6 is 23.2 Å². The zero-order valence-electron chi connectivity index (χ0n) is 15.9. The number of carbonyl (C=O) groups excluding carboxylic acids is 2. The number of amides is 2. The molecule has 4 nitrogen and oxygen atoms in total. The molecule has 0 aliphatic rings. The van der Waals surface area contributed by atoms with Crippen molar-refractivity contribution in [1.29, 1.82) is 0 Å². The van der Waals surface area contributed by atoms with E-state index < -0.39 is 11.8 Å². The lowest BCUT2D eigenvalue weighted by molar-refractivity contribution is -0.123. The molecule has 0 aliphatic carbocycles. The minimum Gasteiger partial charge on any atom is -0.352 e. The first-order valence-electron chi connectivity index (χ1n) is 8.94. The highest BCUT2D eigenvalue weighted by atomic mass is 35.5. The van der Waals surface area contributed by atoms with Crippen molar-refractivity contribution in [2.24, 2.45) is 11.8 Å². The summed E-state index contributed by atoms with van der Waals surface area (Å²) < 4.78 is 0. The molecule has 0 unspecified atom stereocenters. The summed E-state index contributed by atoms with van der Waals surface area (Å²) in [5.74, 6) is 0.0995. The third kappa shape index (κ3) is 7.79. The second-order valence-electron chi connectivity index (χ2n) is 7.08. The Balaban J connectivity index is 3.00. The quantitative estimate of drug-likeness (QED) is 0.359. The summed E-state index contributed by atoms with van der Waals surface area (Å²) >= 11 is 12.2. The van der Waals surface area contributed by atoms with Crippen LogP contribution in [0.3, 0.4) is 0 Å². The van der Waals surface area contributed by atoms with Crippen LogP contribution in [-0.4, -0.2) is 24.9 Å². The van der Waals surface area contributed by atoms with Gasteiger partial charge in [0.15, 0.2) is 0 Å². The van der Waals surface area contributed by atoms with Crippen LogP contribution in [0.5, 0.6) is 0 Å². The van der Waals surface area contributed by atoms with E-state index in [-0.39, 0.29) is 5.57 Å². The molecule has 2 N–H and O–H groups in total. The first-order valence-corrected chi connectivity index (χ1v) is 9.70. The summed E-state index contributed by atoms with van der Waals surface area (Å²) in [7, 11) is 0. The van der Waals surface area contributed by atoms with Crippen LogP contribution in [0.2, 0.25) is 10.0 Å². The third-order valence-corrected chi connectivity index (χ3v) is 4.62. The molecule has 2 amide bonds. The first kappa shape index (κ1) is 22.5. The average molecular weight is 399 g/mol. The van der Waals surface area contributed by atoms with Crippen LogP contribution < -0.4 is 10.6 Å². The van der Waals surface area contributed by atoms with Crippen LogP contribution in [0.15, 0.2) is 23.8 Å². The van der Waals surface area contributed by atoms with E-state index in [1.807, 2.05) is 0 Å². The van der Waals surface area contributed by atoms with Gasteiger partial charge in [0, 0.05) is 13.1 Å². The second-order valence-corrected chi connectivity index (χ2v) is 7.86. The maximum atomic E-state index is 12.5. The molecule has 0 aromatic heterocycles. The summed E-state index contributed by atoms with van der Waals surface area (Å²) in [6.45, 7) is 9.33. The number of rotatable bonds is 9. The number of benzene rings is 1. The van der Waals surface area contributed by atoms with Crippen molar-refractivity contribution in [3.8, 4) is 0 Å². The lowest BCUT2D eigenvalue weighted by Crippen LogP contribution is -2.36. The predicted molar refractivity (Wildman–Crippen MR) is 109 cm³/mol. The number of nitrogens with one attached hydrogen (secondary N) is 2. The topological polar surface area (TPSA) is 58.2 Å². The van der Waals surface area contributed by atoms with Gasteiger partial charge in [0.05, 0.1) is 10.0 Å². The Kier molecular flexibility index (Phi) is 9.74. The molecule has 26 heavy (non-hydrogen) atoms. The Morgan fingerprint density at radius 2 is 1.46 bits per heavy atom. The molecular weight excluding hydrogens is 371 g/mol. The smallest absolute Gasteiger partial charge is 0.256 e. The average Bonchev–Trinajstić information content (AvgIpc) is 2.55. The molecule has 0 spiro atoms. The van der Waals surface area contributed by atoms with Crippen molar-refractivity contribution in [2.75, 3.05) is 13.1 Å². The molecule has 0 saturated heterocycles. The maximum Gasteiger partial charge on any atom is 0.256 e. The van der Waals surface area contributed by atoms with Gasteiger partial charge < -0.3 is 10.6 Å². The molecule has 0 bridgehead atoms. The van der Waals surface area contributed by atoms with E-state index in [9.17, 15) is 9.59 Å². The van der Waals surface area contributed by atoms with Gasteiger partial charge >= 0.3 is 0 Å². The van der Waals surface area contributed by atoms with Gasteiger partial charge in [-0.1, -0.05) is 63.0 Å². The summed E-state index contributed by atoms with van der Waals surface area (Å²) in [5.41, 5.74) is 0.564. The monoisotopic (exact) mass is 398 g/mol. The van der Waals surface area contributed by atoms with E-state index >= 15 is 0 Å². The molecule has 1 aromatic rings. The lowest BCUT2D eigenvalue weighted by Gasteiger charge is -2.12. The van der Waals surface area contributed by atoms with E-state index in [1.54, 1.807) is 18.2 Å². The van der Waals surface area contributed by atoms with Crippen molar-refractivity contribution in [3.63, 3.8) is 0 Å². The Bertz CT molecular complexity index is 627. The van der Waals surface area contributed by atoms with Gasteiger partial charge in [-0.15, -0.1) is 0 Å². The Labute approximate surface area is 166 Å². The molecule has 0 heterocycles. The molecule has 0 saturated carbocycles. The van der Waals surface area contributed by atoms with E-state index in [2.05, 4.69) is 38.3 Å². The fraction of sp³-hybridized carbons (Fsp3) is 0.500. The van der Waals surface area contributed by atoms with E-state index in [0.717, 1.165) is 12.8 Å². The van der Waals surface area contributed by atoms with E-state index in [0.29, 0.717) is 40.5 Å². The van der Waals surface area contributed by atoms with Crippen LogP contribution in [0.1, 0.15) is 46.1 Å². The van der Waals surface area contributed by atoms with Gasteiger partial charge in [-0.3, -0.25) is 9.59 Å². The van der Waals surface area contributed by atoms with Crippen molar-refractivity contribution in [2.45, 2.75) is 40.5 Å². The van der Waals surface area contributed by atoms with Crippen LogP contribution in [0, 0.1) is 11.8 Å². The van der Waals surface area contributed by atoms with Gasteiger partial charge in [-0.2, -0.15) is 0 Å². The highest BCUT2D eigenvalue weighted by Crippen LogP contribution is 2.27. The molecule has 0 atom stereocenters. The molecule has 144 valence electrons. The summed E-state index contributed by atoms with van der Waals surface area (Å²) in [5, 5.41) is 6.30. The SMILES string of the molecule is CC(C)CCNC(=O)C(=Cc1cccc(Cl)c1Cl)C(=O)NCCC(C)C. The molecule has 6 heteroatoms. The highest BCUT2D eigenvalue weighted by Gasteiger charge is 2.19. The molecule has 1 rings (SSSR count). The fourth-order valence-electron chi connectivity index (χ4n) is 2.16. The molecule has 1 aromatic carbocycles. The minimum absolute atomic E-state index is 0.0293. The van der Waals surface area contributed by atoms with Gasteiger partial charge in [-0.05, 0) is 42.4 Å². The zero-order valence-corrected chi connectivity index (χ0v) is 17.4. The largest absolute Gasteiger partial charge is 0.352 e. The van der Waals surface area contributed by atoms with Crippen molar-refractivity contribution in [1.82, 2.24) is 10.6 Å². The lowest BCUT2D eigenvalue weighted by atomic mass is 10.1. The Morgan fingerprint density at radius 1 is 0.962 bits per heavy atom. The summed E-state index contributed by atoms with van der Waals surface area (Å²) in [6, 6.07) is 5.11. The van der Waals surface area contributed by atoms with Crippen LogP contribution in [0.25, 0.3) is 6.08 Å². The molecule has 0 fully saturated rings. The number of carbonyl (C=O) groups is 2. The standard InChI is InChI=1S/C20H28Cl2N2O2/c1-13(2)8-10-23-19(25)16(20(26)24-11-9-14(3)4)12-15-6-5-7-17(21)18(15)22/h5-7,12-14H,8-11H2,1-4H3,(H,23,25)(H,24,26). The van der Waals surface area contributed by atoms with Crippen LogP contribution in [-0.2, 0) is 9.59 Å². The number of hydrogen-bond donors (Lipinski definition) is 2. The van der Waals surface area contributed by atoms with Crippen molar-refractivity contribution >= 4 is 41.1 Å².